The summed E-state index contributed by atoms with van der Waals surface area (Å²) in [6.45, 7) is 7.83. The molecule has 2 nitrogen and oxygen atoms in total. The van der Waals surface area contributed by atoms with E-state index in [1.54, 1.807) is 0 Å². The molecule has 1 aliphatic heterocycles. The first-order valence-corrected chi connectivity index (χ1v) is 4.56. The molecule has 0 aromatic heterocycles. The van der Waals surface area contributed by atoms with Crippen molar-refractivity contribution in [2.75, 3.05) is 19.6 Å². The Morgan fingerprint density at radius 1 is 1.36 bits per heavy atom. The number of rotatable bonds is 4. The Bertz CT molecular complexity index is 132. The summed E-state index contributed by atoms with van der Waals surface area (Å²) in [6.07, 6.45) is 6.99. The van der Waals surface area contributed by atoms with Gasteiger partial charge in [-0.2, -0.15) is 0 Å². The van der Waals surface area contributed by atoms with E-state index in [1.807, 2.05) is 0 Å². The van der Waals surface area contributed by atoms with Gasteiger partial charge in [-0.25, -0.2) is 5.01 Å². The van der Waals surface area contributed by atoms with Crippen LogP contribution >= 0.6 is 0 Å². The monoisotopic (exact) mass is 154 g/mol. The number of likely N-dealkylation sites (N-methyl/N-ethyl adjacent to an activating group) is 1. The fourth-order valence-corrected chi connectivity index (χ4v) is 1.34. The maximum Gasteiger partial charge on any atom is 0.0378 e. The van der Waals surface area contributed by atoms with Crippen LogP contribution in [-0.4, -0.2) is 29.7 Å². The number of nitrogens with zero attached hydrogens (tertiary/aromatic N) is 2. The van der Waals surface area contributed by atoms with E-state index in [1.165, 1.54) is 19.4 Å². The van der Waals surface area contributed by atoms with Gasteiger partial charge in [0, 0.05) is 25.8 Å². The van der Waals surface area contributed by atoms with Crippen LogP contribution in [0.3, 0.4) is 0 Å². The van der Waals surface area contributed by atoms with E-state index in [0.717, 1.165) is 13.1 Å². The predicted octanol–water partition coefficient (Wildman–Crippen LogP) is 1.85. The minimum Gasteiger partial charge on any atom is -0.313 e. The second-order valence-corrected chi connectivity index (χ2v) is 2.91. The normalized spacial score (nSPS) is 18.2. The van der Waals surface area contributed by atoms with Crippen LogP contribution in [0.1, 0.15) is 26.7 Å². The lowest BCUT2D eigenvalue weighted by Crippen LogP contribution is -2.35. The zero-order valence-electron chi connectivity index (χ0n) is 7.58. The van der Waals surface area contributed by atoms with Gasteiger partial charge in [0.2, 0.25) is 0 Å². The molecular weight excluding hydrogens is 136 g/mol. The maximum absolute atomic E-state index is 2.36. The van der Waals surface area contributed by atoms with Crippen molar-refractivity contribution in [2.45, 2.75) is 26.7 Å². The zero-order valence-corrected chi connectivity index (χ0v) is 7.58. The first kappa shape index (κ1) is 8.60. The van der Waals surface area contributed by atoms with E-state index in [2.05, 4.69) is 36.1 Å². The van der Waals surface area contributed by atoms with E-state index in [0.29, 0.717) is 0 Å². The Labute approximate surface area is 69.5 Å². The topological polar surface area (TPSA) is 6.48 Å². The van der Waals surface area contributed by atoms with Crippen LogP contribution in [0.4, 0.5) is 0 Å². The summed E-state index contributed by atoms with van der Waals surface area (Å²) in [7, 11) is 0. The Hall–Kier alpha value is -0.500. The zero-order chi connectivity index (χ0) is 8.10. The molecule has 0 aromatic rings. The van der Waals surface area contributed by atoms with E-state index in [4.69, 9.17) is 0 Å². The van der Waals surface area contributed by atoms with Crippen LogP contribution in [0, 0.1) is 0 Å². The van der Waals surface area contributed by atoms with Gasteiger partial charge in [0.1, 0.15) is 0 Å². The van der Waals surface area contributed by atoms with Crippen molar-refractivity contribution in [3.63, 3.8) is 0 Å². The summed E-state index contributed by atoms with van der Waals surface area (Å²) in [5, 5.41) is 4.68. The van der Waals surface area contributed by atoms with Gasteiger partial charge in [-0.3, -0.25) is 0 Å². The van der Waals surface area contributed by atoms with Crippen molar-refractivity contribution in [3.05, 3.63) is 12.3 Å². The third-order valence-corrected chi connectivity index (χ3v) is 2.06. The predicted molar refractivity (Wildman–Crippen MR) is 48.0 cm³/mol. The van der Waals surface area contributed by atoms with Crippen molar-refractivity contribution < 1.29 is 0 Å². The molecule has 0 amide bonds. The molecule has 0 radical (unpaired) electrons. The Kier molecular flexibility index (Phi) is 3.43. The highest BCUT2D eigenvalue weighted by atomic mass is 15.6. The highest BCUT2D eigenvalue weighted by Crippen LogP contribution is 2.07. The van der Waals surface area contributed by atoms with E-state index >= 15 is 0 Å². The van der Waals surface area contributed by atoms with Crippen molar-refractivity contribution in [1.82, 2.24) is 10.0 Å². The van der Waals surface area contributed by atoms with Gasteiger partial charge in [-0.1, -0.05) is 26.3 Å². The van der Waals surface area contributed by atoms with Crippen LogP contribution in [0.2, 0.25) is 0 Å². The number of hydrogen-bond acceptors (Lipinski definition) is 2. The van der Waals surface area contributed by atoms with Gasteiger partial charge in [0.15, 0.2) is 0 Å². The lowest BCUT2D eigenvalue weighted by Gasteiger charge is -2.27. The SMILES string of the molecule is CCCCN1C=CCN1CC. The highest BCUT2D eigenvalue weighted by molar-refractivity contribution is 4.90. The molecule has 2 heteroatoms. The number of hydrazine groups is 1. The second kappa shape index (κ2) is 4.39. The molecule has 1 heterocycles. The summed E-state index contributed by atoms with van der Waals surface area (Å²) in [5.74, 6) is 0. The average molecular weight is 154 g/mol. The molecule has 0 spiro atoms. The van der Waals surface area contributed by atoms with Crippen LogP contribution in [-0.2, 0) is 0 Å². The van der Waals surface area contributed by atoms with Crippen LogP contribution in [0.25, 0.3) is 0 Å². The molecule has 0 aromatic carbocycles. The molecule has 11 heavy (non-hydrogen) atoms. The molecule has 0 atom stereocenters. The summed E-state index contributed by atoms with van der Waals surface area (Å²) in [5.41, 5.74) is 0. The maximum atomic E-state index is 2.36. The van der Waals surface area contributed by atoms with Crippen molar-refractivity contribution in [1.29, 1.82) is 0 Å². The molecule has 0 fully saturated rings. The minimum absolute atomic E-state index is 1.10. The molecule has 0 saturated heterocycles. The molecule has 0 aliphatic carbocycles. The van der Waals surface area contributed by atoms with E-state index in [9.17, 15) is 0 Å². The van der Waals surface area contributed by atoms with Gasteiger partial charge >= 0.3 is 0 Å². The van der Waals surface area contributed by atoms with Gasteiger partial charge in [0.25, 0.3) is 0 Å². The summed E-state index contributed by atoms with van der Waals surface area (Å²) >= 11 is 0. The fraction of sp³-hybridized carbons (Fsp3) is 0.778. The van der Waals surface area contributed by atoms with Crippen molar-refractivity contribution in [3.8, 4) is 0 Å². The van der Waals surface area contributed by atoms with Crippen molar-refractivity contribution in [2.24, 2.45) is 0 Å². The van der Waals surface area contributed by atoms with Gasteiger partial charge in [-0.15, -0.1) is 0 Å². The molecule has 64 valence electrons. The summed E-state index contributed by atoms with van der Waals surface area (Å²) in [4.78, 5) is 0. The Morgan fingerprint density at radius 2 is 2.18 bits per heavy atom. The molecule has 1 rings (SSSR count). The molecule has 1 aliphatic rings. The number of unbranched alkanes of at least 4 members (excludes halogenated alkanes) is 1. The molecule has 0 N–H and O–H groups in total. The molecule has 0 saturated carbocycles. The first-order chi connectivity index (χ1) is 5.38. The molecule has 0 bridgehead atoms. The molecular formula is C9H18N2. The van der Waals surface area contributed by atoms with Crippen LogP contribution < -0.4 is 0 Å². The van der Waals surface area contributed by atoms with Crippen molar-refractivity contribution >= 4 is 0 Å². The third kappa shape index (κ3) is 2.22. The largest absolute Gasteiger partial charge is 0.313 e. The highest BCUT2D eigenvalue weighted by Gasteiger charge is 2.11. The smallest absolute Gasteiger partial charge is 0.0378 e. The minimum atomic E-state index is 1.10. The first-order valence-electron chi connectivity index (χ1n) is 4.56. The van der Waals surface area contributed by atoms with Gasteiger partial charge < -0.3 is 5.01 Å². The van der Waals surface area contributed by atoms with Gasteiger partial charge in [-0.05, 0) is 6.42 Å². The second-order valence-electron chi connectivity index (χ2n) is 2.91. The lowest BCUT2D eigenvalue weighted by atomic mass is 10.3. The van der Waals surface area contributed by atoms with Crippen LogP contribution in [0.5, 0.6) is 0 Å². The van der Waals surface area contributed by atoms with Gasteiger partial charge in [0.05, 0.1) is 0 Å². The average Bonchev–Trinajstić information content (AvgIpc) is 2.47. The third-order valence-electron chi connectivity index (χ3n) is 2.06. The quantitative estimate of drug-likeness (QED) is 0.609. The fourth-order valence-electron chi connectivity index (χ4n) is 1.34. The van der Waals surface area contributed by atoms with Crippen LogP contribution in [0.15, 0.2) is 12.3 Å². The van der Waals surface area contributed by atoms with E-state index in [-0.39, 0.29) is 0 Å². The lowest BCUT2D eigenvalue weighted by molar-refractivity contribution is 0.0570. The number of hydrogen-bond donors (Lipinski definition) is 0. The Balaban J connectivity index is 2.25. The summed E-state index contributed by atoms with van der Waals surface area (Å²) in [6, 6.07) is 0. The summed E-state index contributed by atoms with van der Waals surface area (Å²) < 4.78 is 0. The molecule has 0 unspecified atom stereocenters. The Morgan fingerprint density at radius 3 is 2.82 bits per heavy atom. The standard InChI is InChI=1S/C9H18N2/c1-3-5-7-11-9-6-8-10(11)4-2/h6,9H,3-5,7-8H2,1-2H3. The van der Waals surface area contributed by atoms with E-state index < -0.39 is 0 Å².